The van der Waals surface area contributed by atoms with Crippen molar-refractivity contribution in [2.75, 3.05) is 20.3 Å². The van der Waals surface area contributed by atoms with Crippen LogP contribution in [0.1, 0.15) is 50.7 Å². The van der Waals surface area contributed by atoms with E-state index in [-0.39, 0.29) is 24.4 Å². The molecule has 0 heterocycles. The smallest absolute Gasteiger partial charge is 0.348 e. The standard InChI is InChI=1S/C26H28BrNO6/c1-5-32-26(30)20(16-28)13-18-8-10-23(24(14-18)31-4)34-25(29)7-6-12-33-22-11-9-19(17(2)3)15-21(22)27/h8-11,13-15,17H,5-7,12H2,1-4H3/b20-13+. The third-order valence-electron chi connectivity index (χ3n) is 4.74. The van der Waals surface area contributed by atoms with Crippen LogP contribution in [-0.2, 0) is 14.3 Å². The molecule has 0 radical (unpaired) electrons. The van der Waals surface area contributed by atoms with E-state index in [1.807, 2.05) is 24.3 Å². The van der Waals surface area contributed by atoms with Gasteiger partial charge in [0.15, 0.2) is 11.5 Å². The van der Waals surface area contributed by atoms with Crippen molar-refractivity contribution < 1.29 is 28.5 Å². The molecule has 2 aromatic rings. The number of ether oxygens (including phenoxy) is 4. The van der Waals surface area contributed by atoms with Gasteiger partial charge in [-0.1, -0.05) is 26.0 Å². The van der Waals surface area contributed by atoms with E-state index in [1.54, 1.807) is 25.1 Å². The number of hydrogen-bond acceptors (Lipinski definition) is 7. The highest BCUT2D eigenvalue weighted by atomic mass is 79.9. The summed E-state index contributed by atoms with van der Waals surface area (Å²) in [5.74, 6) is 0.560. The number of esters is 2. The second-order valence-electron chi connectivity index (χ2n) is 7.57. The van der Waals surface area contributed by atoms with E-state index in [1.165, 1.54) is 18.7 Å². The Morgan fingerprint density at radius 3 is 2.47 bits per heavy atom. The van der Waals surface area contributed by atoms with Crippen molar-refractivity contribution in [1.82, 2.24) is 0 Å². The molecular weight excluding hydrogens is 502 g/mol. The van der Waals surface area contributed by atoms with Crippen molar-refractivity contribution in [3.8, 4) is 23.3 Å². The van der Waals surface area contributed by atoms with Crippen molar-refractivity contribution in [3.63, 3.8) is 0 Å². The van der Waals surface area contributed by atoms with Crippen LogP contribution in [0.25, 0.3) is 6.08 Å². The van der Waals surface area contributed by atoms with E-state index in [2.05, 4.69) is 29.8 Å². The SMILES string of the molecule is CCOC(=O)/C(C#N)=C/c1ccc(OC(=O)CCCOc2ccc(C(C)C)cc2Br)c(OC)c1. The summed E-state index contributed by atoms with van der Waals surface area (Å²) >= 11 is 3.52. The summed E-state index contributed by atoms with van der Waals surface area (Å²) in [4.78, 5) is 24.1. The lowest BCUT2D eigenvalue weighted by Crippen LogP contribution is -2.11. The molecule has 0 N–H and O–H groups in total. The van der Waals surface area contributed by atoms with E-state index in [9.17, 15) is 14.9 Å². The lowest BCUT2D eigenvalue weighted by atomic mass is 10.0. The van der Waals surface area contributed by atoms with Gasteiger partial charge >= 0.3 is 11.9 Å². The normalized spacial score (nSPS) is 11.0. The summed E-state index contributed by atoms with van der Waals surface area (Å²) in [5, 5.41) is 9.18. The third-order valence-corrected chi connectivity index (χ3v) is 5.36. The number of nitrogens with zero attached hydrogens (tertiary/aromatic N) is 1. The first-order valence-corrected chi connectivity index (χ1v) is 11.7. The fraction of sp³-hybridized carbons (Fsp3) is 0.346. The molecular formula is C26H28BrNO6. The van der Waals surface area contributed by atoms with E-state index < -0.39 is 11.9 Å². The predicted molar refractivity (Wildman–Crippen MR) is 132 cm³/mol. The van der Waals surface area contributed by atoms with Crippen molar-refractivity contribution >= 4 is 33.9 Å². The van der Waals surface area contributed by atoms with Crippen LogP contribution in [0.4, 0.5) is 0 Å². The first-order chi connectivity index (χ1) is 16.3. The van der Waals surface area contributed by atoms with Gasteiger partial charge in [0.2, 0.25) is 0 Å². The van der Waals surface area contributed by atoms with Gasteiger partial charge in [-0.15, -0.1) is 0 Å². The maximum absolute atomic E-state index is 12.3. The maximum Gasteiger partial charge on any atom is 0.348 e. The number of halogens is 1. The summed E-state index contributed by atoms with van der Waals surface area (Å²) in [6.07, 6.45) is 2.02. The van der Waals surface area contributed by atoms with Crippen LogP contribution >= 0.6 is 15.9 Å². The molecule has 0 aliphatic rings. The van der Waals surface area contributed by atoms with Gasteiger partial charge in [0, 0.05) is 6.42 Å². The molecule has 2 aromatic carbocycles. The van der Waals surface area contributed by atoms with Crippen LogP contribution in [0.3, 0.4) is 0 Å². The number of hydrogen-bond donors (Lipinski definition) is 0. The number of carbonyl (C=O) groups is 2. The number of carbonyl (C=O) groups excluding carboxylic acids is 2. The molecule has 8 heteroatoms. The molecule has 180 valence electrons. The van der Waals surface area contributed by atoms with E-state index >= 15 is 0 Å². The van der Waals surface area contributed by atoms with Gasteiger partial charge in [0.1, 0.15) is 17.4 Å². The lowest BCUT2D eigenvalue weighted by Gasteiger charge is -2.12. The van der Waals surface area contributed by atoms with E-state index in [4.69, 9.17) is 18.9 Å². The van der Waals surface area contributed by atoms with Crippen LogP contribution in [0, 0.1) is 11.3 Å². The number of benzene rings is 2. The second kappa shape index (κ2) is 13.4. The Morgan fingerprint density at radius 2 is 1.85 bits per heavy atom. The Balaban J connectivity index is 1.93. The minimum Gasteiger partial charge on any atom is -0.493 e. The summed E-state index contributed by atoms with van der Waals surface area (Å²) in [5.41, 5.74) is 1.60. The Hall–Kier alpha value is -3.31. The molecule has 0 fully saturated rings. The van der Waals surface area contributed by atoms with Crippen molar-refractivity contribution in [3.05, 3.63) is 57.6 Å². The summed E-state index contributed by atoms with van der Waals surface area (Å²) in [6.45, 7) is 6.44. The van der Waals surface area contributed by atoms with Gasteiger partial charge in [0.25, 0.3) is 0 Å². The molecule has 2 rings (SSSR count). The number of rotatable bonds is 11. The zero-order valence-electron chi connectivity index (χ0n) is 19.7. The molecule has 0 aromatic heterocycles. The highest BCUT2D eigenvalue weighted by Gasteiger charge is 2.14. The van der Waals surface area contributed by atoms with Crippen LogP contribution in [0.2, 0.25) is 0 Å². The first-order valence-electron chi connectivity index (χ1n) is 10.9. The molecule has 7 nitrogen and oxygen atoms in total. The van der Waals surface area contributed by atoms with Crippen molar-refractivity contribution in [2.24, 2.45) is 0 Å². The largest absolute Gasteiger partial charge is 0.493 e. The molecule has 0 aliphatic carbocycles. The summed E-state index contributed by atoms with van der Waals surface area (Å²) < 4.78 is 22.2. The zero-order valence-corrected chi connectivity index (χ0v) is 21.3. The summed E-state index contributed by atoms with van der Waals surface area (Å²) in [7, 11) is 1.44. The molecule has 0 unspecified atom stereocenters. The topological polar surface area (TPSA) is 94.9 Å². The molecule has 0 bridgehead atoms. The third kappa shape index (κ3) is 7.92. The molecule has 34 heavy (non-hydrogen) atoms. The Morgan fingerprint density at radius 1 is 1.12 bits per heavy atom. The molecule has 0 atom stereocenters. The van der Waals surface area contributed by atoms with Gasteiger partial charge in [-0.3, -0.25) is 4.79 Å². The Labute approximate surface area is 208 Å². The second-order valence-corrected chi connectivity index (χ2v) is 8.43. The molecule has 0 saturated heterocycles. The van der Waals surface area contributed by atoms with Crippen LogP contribution in [0.15, 0.2) is 46.4 Å². The molecule has 0 spiro atoms. The maximum atomic E-state index is 12.3. The fourth-order valence-electron chi connectivity index (χ4n) is 2.94. The van der Waals surface area contributed by atoms with Crippen LogP contribution in [0.5, 0.6) is 17.2 Å². The molecule has 0 amide bonds. The lowest BCUT2D eigenvalue weighted by molar-refractivity contribution is -0.138. The van der Waals surface area contributed by atoms with Gasteiger partial charge in [-0.2, -0.15) is 5.26 Å². The van der Waals surface area contributed by atoms with Crippen molar-refractivity contribution in [2.45, 2.75) is 39.5 Å². The Kier molecular flexibility index (Phi) is 10.6. The zero-order chi connectivity index (χ0) is 25.1. The minimum atomic E-state index is -0.704. The van der Waals surface area contributed by atoms with Crippen LogP contribution in [-0.4, -0.2) is 32.3 Å². The van der Waals surface area contributed by atoms with Crippen molar-refractivity contribution in [1.29, 1.82) is 5.26 Å². The van der Waals surface area contributed by atoms with Gasteiger partial charge in [-0.05, 0) is 76.7 Å². The quantitative estimate of drug-likeness (QED) is 0.119. The van der Waals surface area contributed by atoms with Gasteiger partial charge in [0.05, 0.1) is 24.8 Å². The van der Waals surface area contributed by atoms with Gasteiger partial charge in [-0.25, -0.2) is 4.79 Å². The molecule has 0 saturated carbocycles. The number of methoxy groups -OCH3 is 1. The van der Waals surface area contributed by atoms with E-state index in [0.29, 0.717) is 30.3 Å². The average Bonchev–Trinajstić information content (AvgIpc) is 2.81. The Bertz CT molecular complexity index is 1090. The monoisotopic (exact) mass is 529 g/mol. The molecule has 0 aliphatic heterocycles. The highest BCUT2D eigenvalue weighted by Crippen LogP contribution is 2.30. The van der Waals surface area contributed by atoms with Crippen LogP contribution < -0.4 is 14.2 Å². The highest BCUT2D eigenvalue weighted by molar-refractivity contribution is 9.10. The number of nitriles is 1. The van der Waals surface area contributed by atoms with Gasteiger partial charge < -0.3 is 18.9 Å². The fourth-order valence-corrected chi connectivity index (χ4v) is 3.45. The predicted octanol–water partition coefficient (Wildman–Crippen LogP) is 5.82. The average molecular weight is 530 g/mol. The van der Waals surface area contributed by atoms with E-state index in [0.717, 1.165) is 10.2 Å². The first kappa shape index (κ1) is 26.9. The summed E-state index contributed by atoms with van der Waals surface area (Å²) in [6, 6.07) is 12.5. The minimum absolute atomic E-state index is 0.140.